The number of phenolic OH excluding ortho intramolecular Hbond substituents is 1. The standard InChI is InChI=1S/C18H29N3O3.HI/c1-4-19-18(21-10-8-15(9-11-21)24-5-2)20-13-14-6-7-17(23-3)16(22)12-14;/h6-7,12,15,22H,4-5,8-11,13H2,1-3H3,(H,19,20);1H. The van der Waals surface area contributed by atoms with Gasteiger partial charge in [-0.1, -0.05) is 6.07 Å². The molecule has 1 saturated heterocycles. The summed E-state index contributed by atoms with van der Waals surface area (Å²) in [5.74, 6) is 1.54. The maximum atomic E-state index is 9.87. The van der Waals surface area contributed by atoms with Gasteiger partial charge < -0.3 is 24.8 Å². The number of methoxy groups -OCH3 is 1. The number of rotatable bonds is 6. The molecule has 0 bridgehead atoms. The van der Waals surface area contributed by atoms with E-state index in [9.17, 15) is 5.11 Å². The maximum absolute atomic E-state index is 9.87. The van der Waals surface area contributed by atoms with Crippen LogP contribution >= 0.6 is 24.0 Å². The van der Waals surface area contributed by atoms with Gasteiger partial charge in [-0.2, -0.15) is 0 Å². The monoisotopic (exact) mass is 463 g/mol. The molecule has 0 atom stereocenters. The highest BCUT2D eigenvalue weighted by molar-refractivity contribution is 14.0. The summed E-state index contributed by atoms with van der Waals surface area (Å²) in [6.07, 6.45) is 2.43. The van der Waals surface area contributed by atoms with Crippen molar-refractivity contribution in [2.75, 3.05) is 33.4 Å². The molecule has 1 heterocycles. The van der Waals surface area contributed by atoms with E-state index in [1.54, 1.807) is 19.2 Å². The molecule has 0 amide bonds. The first-order valence-electron chi connectivity index (χ1n) is 8.68. The van der Waals surface area contributed by atoms with Crippen molar-refractivity contribution in [1.82, 2.24) is 10.2 Å². The van der Waals surface area contributed by atoms with Crippen molar-refractivity contribution in [3.63, 3.8) is 0 Å². The van der Waals surface area contributed by atoms with Crippen LogP contribution in [-0.4, -0.2) is 55.4 Å². The Hall–Kier alpha value is -1.22. The summed E-state index contributed by atoms with van der Waals surface area (Å²) in [5.41, 5.74) is 0.952. The summed E-state index contributed by atoms with van der Waals surface area (Å²) >= 11 is 0. The summed E-state index contributed by atoms with van der Waals surface area (Å²) in [6, 6.07) is 5.39. The molecule has 1 aromatic carbocycles. The molecule has 6 nitrogen and oxygen atoms in total. The molecule has 7 heteroatoms. The smallest absolute Gasteiger partial charge is 0.194 e. The number of aromatic hydroxyl groups is 1. The highest BCUT2D eigenvalue weighted by Gasteiger charge is 2.21. The Labute approximate surface area is 167 Å². The number of phenols is 1. The normalized spacial score (nSPS) is 15.6. The zero-order valence-corrected chi connectivity index (χ0v) is 17.7. The molecule has 0 radical (unpaired) electrons. The Morgan fingerprint density at radius 3 is 2.60 bits per heavy atom. The molecule has 2 N–H and O–H groups in total. The van der Waals surface area contributed by atoms with Gasteiger partial charge in [0.25, 0.3) is 0 Å². The zero-order valence-electron chi connectivity index (χ0n) is 15.3. The lowest BCUT2D eigenvalue weighted by Crippen LogP contribution is -2.47. The van der Waals surface area contributed by atoms with Crippen molar-refractivity contribution >= 4 is 29.9 Å². The highest BCUT2D eigenvalue weighted by atomic mass is 127. The predicted octanol–water partition coefficient (Wildman–Crippen LogP) is 2.99. The van der Waals surface area contributed by atoms with E-state index in [0.717, 1.165) is 50.6 Å². The minimum absolute atomic E-state index is 0. The molecule has 0 saturated carbocycles. The number of guanidine groups is 1. The predicted molar refractivity (Wildman–Crippen MR) is 111 cm³/mol. The number of piperidine rings is 1. The van der Waals surface area contributed by atoms with Crippen LogP contribution in [0.25, 0.3) is 0 Å². The average Bonchev–Trinajstić information content (AvgIpc) is 2.60. The molecule has 25 heavy (non-hydrogen) atoms. The lowest BCUT2D eigenvalue weighted by molar-refractivity contribution is 0.0263. The van der Waals surface area contributed by atoms with Crippen molar-refractivity contribution < 1.29 is 14.6 Å². The first kappa shape index (κ1) is 21.8. The van der Waals surface area contributed by atoms with Crippen LogP contribution in [0.3, 0.4) is 0 Å². The van der Waals surface area contributed by atoms with E-state index < -0.39 is 0 Å². The fourth-order valence-corrected chi connectivity index (χ4v) is 2.90. The number of hydrogen-bond donors (Lipinski definition) is 2. The first-order valence-corrected chi connectivity index (χ1v) is 8.68. The van der Waals surface area contributed by atoms with Gasteiger partial charge in [0.1, 0.15) is 0 Å². The SMILES string of the molecule is CCNC(=NCc1ccc(OC)c(O)c1)N1CCC(OCC)CC1.I. The molecule has 1 fully saturated rings. The van der Waals surface area contributed by atoms with E-state index in [2.05, 4.69) is 17.1 Å². The third-order valence-electron chi connectivity index (χ3n) is 4.13. The fraction of sp³-hybridized carbons (Fsp3) is 0.611. The summed E-state index contributed by atoms with van der Waals surface area (Å²) in [5, 5.41) is 13.2. The highest BCUT2D eigenvalue weighted by Crippen LogP contribution is 2.26. The maximum Gasteiger partial charge on any atom is 0.194 e. The number of halogens is 1. The topological polar surface area (TPSA) is 66.3 Å². The molecule has 1 aromatic rings. The van der Waals surface area contributed by atoms with Crippen LogP contribution in [0.4, 0.5) is 0 Å². The summed E-state index contributed by atoms with van der Waals surface area (Å²) in [6.45, 7) is 8.14. The molecule has 0 aliphatic carbocycles. The Bertz CT molecular complexity index is 546. The average molecular weight is 463 g/mol. The zero-order chi connectivity index (χ0) is 17.4. The van der Waals surface area contributed by atoms with Gasteiger partial charge in [0.15, 0.2) is 17.5 Å². The molecule has 1 aliphatic heterocycles. The third kappa shape index (κ3) is 6.54. The Morgan fingerprint density at radius 1 is 1.32 bits per heavy atom. The summed E-state index contributed by atoms with van der Waals surface area (Å²) in [7, 11) is 1.54. The second-order valence-electron chi connectivity index (χ2n) is 5.82. The molecule has 0 aromatic heterocycles. The van der Waals surface area contributed by atoms with E-state index in [1.165, 1.54) is 0 Å². The van der Waals surface area contributed by atoms with E-state index in [-0.39, 0.29) is 29.7 Å². The summed E-state index contributed by atoms with van der Waals surface area (Å²) < 4.78 is 10.8. The molecule has 0 spiro atoms. The Kier molecular flexibility index (Phi) is 9.96. The Balaban J connectivity index is 0.00000312. The molecule has 142 valence electrons. The van der Waals surface area contributed by atoms with Crippen LogP contribution in [0.1, 0.15) is 32.3 Å². The molecule has 1 aliphatic rings. The van der Waals surface area contributed by atoms with Gasteiger partial charge in [0.05, 0.1) is 19.8 Å². The molecular weight excluding hydrogens is 433 g/mol. The third-order valence-corrected chi connectivity index (χ3v) is 4.13. The van der Waals surface area contributed by atoms with E-state index in [4.69, 9.17) is 14.5 Å². The lowest BCUT2D eigenvalue weighted by Gasteiger charge is -2.34. The van der Waals surface area contributed by atoms with Crippen LogP contribution < -0.4 is 10.1 Å². The van der Waals surface area contributed by atoms with E-state index in [0.29, 0.717) is 18.4 Å². The number of aliphatic imine (C=N–C) groups is 1. The lowest BCUT2D eigenvalue weighted by atomic mass is 10.1. The van der Waals surface area contributed by atoms with Crippen molar-refractivity contribution in [3.05, 3.63) is 23.8 Å². The van der Waals surface area contributed by atoms with Gasteiger partial charge in [-0.3, -0.25) is 0 Å². The first-order chi connectivity index (χ1) is 11.7. The largest absolute Gasteiger partial charge is 0.504 e. The van der Waals surface area contributed by atoms with E-state index >= 15 is 0 Å². The minimum Gasteiger partial charge on any atom is -0.504 e. The fourth-order valence-electron chi connectivity index (χ4n) is 2.90. The van der Waals surface area contributed by atoms with Gasteiger partial charge in [0.2, 0.25) is 0 Å². The van der Waals surface area contributed by atoms with Crippen LogP contribution in [0.5, 0.6) is 11.5 Å². The van der Waals surface area contributed by atoms with E-state index in [1.807, 2.05) is 13.0 Å². The number of nitrogens with zero attached hydrogens (tertiary/aromatic N) is 2. The summed E-state index contributed by atoms with van der Waals surface area (Å²) in [4.78, 5) is 6.99. The van der Waals surface area contributed by atoms with Crippen LogP contribution in [-0.2, 0) is 11.3 Å². The quantitative estimate of drug-likeness (QED) is 0.386. The van der Waals surface area contributed by atoms with Crippen molar-refractivity contribution in [1.29, 1.82) is 0 Å². The molecular formula is C18H30IN3O3. The second-order valence-corrected chi connectivity index (χ2v) is 5.82. The number of hydrogen-bond acceptors (Lipinski definition) is 4. The molecule has 2 rings (SSSR count). The second kappa shape index (κ2) is 11.4. The van der Waals surface area contributed by atoms with Gasteiger partial charge in [0, 0.05) is 26.2 Å². The van der Waals surface area contributed by atoms with Crippen molar-refractivity contribution in [2.24, 2.45) is 4.99 Å². The van der Waals surface area contributed by atoms with Gasteiger partial charge in [-0.05, 0) is 44.4 Å². The van der Waals surface area contributed by atoms with Gasteiger partial charge >= 0.3 is 0 Å². The number of benzene rings is 1. The van der Waals surface area contributed by atoms with Gasteiger partial charge in [-0.25, -0.2) is 4.99 Å². The van der Waals surface area contributed by atoms with Crippen LogP contribution in [0.15, 0.2) is 23.2 Å². The van der Waals surface area contributed by atoms with Crippen LogP contribution in [0.2, 0.25) is 0 Å². The Morgan fingerprint density at radius 2 is 2.04 bits per heavy atom. The number of nitrogens with one attached hydrogen (secondary N) is 1. The van der Waals surface area contributed by atoms with Crippen LogP contribution in [0, 0.1) is 0 Å². The minimum atomic E-state index is 0. The van der Waals surface area contributed by atoms with Crippen molar-refractivity contribution in [2.45, 2.75) is 39.3 Å². The number of ether oxygens (including phenoxy) is 2. The van der Waals surface area contributed by atoms with Gasteiger partial charge in [-0.15, -0.1) is 24.0 Å². The number of likely N-dealkylation sites (tertiary alicyclic amines) is 1. The van der Waals surface area contributed by atoms with Crippen molar-refractivity contribution in [3.8, 4) is 11.5 Å². The molecule has 0 unspecified atom stereocenters.